The standard InChI is InChI=1S/C19H28N2O3/c1-19(2,3)24-18(23)21-15-9-10-16(21)17(13-22)20(12-15)11-14-7-5-4-6-8-14/h4-8,15-17,22H,9-13H2,1-3H3/t15-,16+,17+/m0/s1. The van der Waals surface area contributed by atoms with Crippen molar-refractivity contribution < 1.29 is 14.6 Å². The van der Waals surface area contributed by atoms with Crippen molar-refractivity contribution in [2.45, 2.75) is 63.9 Å². The molecule has 0 radical (unpaired) electrons. The Kier molecular flexibility index (Phi) is 4.83. The summed E-state index contributed by atoms with van der Waals surface area (Å²) in [6, 6.07) is 10.5. The van der Waals surface area contributed by atoms with Crippen LogP contribution in [0, 0.1) is 0 Å². The zero-order valence-electron chi connectivity index (χ0n) is 14.8. The predicted molar refractivity (Wildman–Crippen MR) is 92.6 cm³/mol. The fourth-order valence-corrected chi connectivity index (χ4v) is 3.95. The van der Waals surface area contributed by atoms with Gasteiger partial charge in [0.2, 0.25) is 0 Å². The zero-order chi connectivity index (χ0) is 17.3. The molecule has 2 fully saturated rings. The van der Waals surface area contributed by atoms with Gasteiger partial charge < -0.3 is 9.84 Å². The number of aliphatic hydroxyl groups is 1. The minimum Gasteiger partial charge on any atom is -0.444 e. The predicted octanol–water partition coefficient (Wildman–Crippen LogP) is 2.63. The largest absolute Gasteiger partial charge is 0.444 e. The summed E-state index contributed by atoms with van der Waals surface area (Å²) in [7, 11) is 0. The van der Waals surface area contributed by atoms with Crippen molar-refractivity contribution in [1.82, 2.24) is 9.80 Å². The van der Waals surface area contributed by atoms with Crippen LogP contribution in [-0.4, -0.2) is 57.9 Å². The second-order valence-electron chi connectivity index (χ2n) is 7.85. The molecule has 2 aliphatic heterocycles. The fraction of sp³-hybridized carbons (Fsp3) is 0.632. The highest BCUT2D eigenvalue weighted by atomic mass is 16.6. The number of ether oxygens (including phenoxy) is 1. The van der Waals surface area contributed by atoms with E-state index in [4.69, 9.17) is 4.74 Å². The molecule has 132 valence electrons. The van der Waals surface area contributed by atoms with Gasteiger partial charge in [0.25, 0.3) is 0 Å². The molecule has 2 saturated heterocycles. The second-order valence-corrected chi connectivity index (χ2v) is 7.85. The maximum absolute atomic E-state index is 12.6. The monoisotopic (exact) mass is 332 g/mol. The maximum atomic E-state index is 12.6. The smallest absolute Gasteiger partial charge is 0.410 e. The lowest BCUT2D eigenvalue weighted by Gasteiger charge is -2.46. The number of piperazine rings is 1. The first-order valence-electron chi connectivity index (χ1n) is 8.79. The number of hydrogen-bond acceptors (Lipinski definition) is 4. The molecule has 3 atom stereocenters. The van der Waals surface area contributed by atoms with Crippen molar-refractivity contribution >= 4 is 6.09 Å². The van der Waals surface area contributed by atoms with Gasteiger partial charge in [-0.3, -0.25) is 9.80 Å². The first-order valence-corrected chi connectivity index (χ1v) is 8.79. The van der Waals surface area contributed by atoms with Gasteiger partial charge in [-0.1, -0.05) is 30.3 Å². The van der Waals surface area contributed by atoms with E-state index in [1.54, 1.807) is 0 Å². The molecule has 2 bridgehead atoms. The number of hydrogen-bond donors (Lipinski definition) is 1. The summed E-state index contributed by atoms with van der Waals surface area (Å²) in [5.41, 5.74) is 0.743. The summed E-state index contributed by atoms with van der Waals surface area (Å²) < 4.78 is 5.59. The van der Waals surface area contributed by atoms with Crippen LogP contribution in [0.25, 0.3) is 0 Å². The van der Waals surface area contributed by atoms with Crippen molar-refractivity contribution in [3.63, 3.8) is 0 Å². The molecule has 0 saturated carbocycles. The lowest BCUT2D eigenvalue weighted by molar-refractivity contribution is -0.0353. The summed E-state index contributed by atoms with van der Waals surface area (Å²) in [4.78, 5) is 16.8. The molecule has 0 spiro atoms. The number of nitrogens with zero attached hydrogens (tertiary/aromatic N) is 2. The summed E-state index contributed by atoms with van der Waals surface area (Å²) >= 11 is 0. The van der Waals surface area contributed by atoms with Crippen LogP contribution < -0.4 is 0 Å². The molecule has 3 rings (SSSR count). The number of likely N-dealkylation sites (tertiary alicyclic amines) is 1. The molecule has 5 heteroatoms. The third-order valence-corrected chi connectivity index (χ3v) is 4.92. The molecule has 2 heterocycles. The first kappa shape index (κ1) is 17.2. The molecule has 1 N–H and O–H groups in total. The van der Waals surface area contributed by atoms with Crippen molar-refractivity contribution in [2.75, 3.05) is 13.2 Å². The molecule has 1 aromatic carbocycles. The lowest BCUT2D eigenvalue weighted by Crippen LogP contribution is -2.62. The van der Waals surface area contributed by atoms with Gasteiger partial charge in [-0.2, -0.15) is 0 Å². The highest BCUT2D eigenvalue weighted by Crippen LogP contribution is 2.36. The SMILES string of the molecule is CC(C)(C)OC(=O)N1[C@H]2CC[C@@H]1[C@@H](CO)N(Cc1ccccc1)C2. The van der Waals surface area contributed by atoms with E-state index < -0.39 is 5.60 Å². The van der Waals surface area contributed by atoms with Crippen LogP contribution in [0.3, 0.4) is 0 Å². The van der Waals surface area contributed by atoms with E-state index in [1.165, 1.54) is 5.56 Å². The Morgan fingerprint density at radius 2 is 1.96 bits per heavy atom. The summed E-state index contributed by atoms with van der Waals surface area (Å²) in [5.74, 6) is 0. The molecule has 0 aliphatic carbocycles. The summed E-state index contributed by atoms with van der Waals surface area (Å²) in [6.07, 6.45) is 1.67. The van der Waals surface area contributed by atoms with Crippen LogP contribution in [-0.2, 0) is 11.3 Å². The highest BCUT2D eigenvalue weighted by Gasteiger charge is 2.49. The van der Waals surface area contributed by atoms with E-state index in [9.17, 15) is 9.90 Å². The van der Waals surface area contributed by atoms with Gasteiger partial charge in [-0.15, -0.1) is 0 Å². The normalized spacial score (nSPS) is 27.3. The van der Waals surface area contributed by atoms with Crippen LogP contribution >= 0.6 is 0 Å². The molecule has 0 unspecified atom stereocenters. The molecule has 1 amide bonds. The topological polar surface area (TPSA) is 53.0 Å². The molecule has 24 heavy (non-hydrogen) atoms. The molecular weight excluding hydrogens is 304 g/mol. The molecule has 2 aliphatic rings. The van der Waals surface area contributed by atoms with Crippen LogP contribution in [0.4, 0.5) is 4.79 Å². The van der Waals surface area contributed by atoms with Gasteiger partial charge in [-0.25, -0.2) is 4.79 Å². The van der Waals surface area contributed by atoms with E-state index >= 15 is 0 Å². The Morgan fingerprint density at radius 1 is 1.25 bits per heavy atom. The van der Waals surface area contributed by atoms with Crippen molar-refractivity contribution in [3.8, 4) is 0 Å². The quantitative estimate of drug-likeness (QED) is 0.924. The Bertz CT molecular complexity index is 570. The Morgan fingerprint density at radius 3 is 2.58 bits per heavy atom. The Labute approximate surface area is 144 Å². The maximum Gasteiger partial charge on any atom is 0.410 e. The highest BCUT2D eigenvalue weighted by molar-refractivity contribution is 5.70. The van der Waals surface area contributed by atoms with Gasteiger partial charge in [0.15, 0.2) is 0 Å². The average Bonchev–Trinajstić information content (AvgIpc) is 2.83. The summed E-state index contributed by atoms with van der Waals surface area (Å²) in [6.45, 7) is 7.33. The Hall–Kier alpha value is -1.59. The van der Waals surface area contributed by atoms with Gasteiger partial charge in [0.05, 0.1) is 18.7 Å². The second kappa shape index (κ2) is 6.73. The number of carbonyl (C=O) groups is 1. The Balaban J connectivity index is 1.75. The zero-order valence-corrected chi connectivity index (χ0v) is 14.8. The van der Waals surface area contributed by atoms with E-state index in [1.807, 2.05) is 43.9 Å². The van der Waals surface area contributed by atoms with Gasteiger partial charge in [-0.05, 0) is 39.2 Å². The lowest BCUT2D eigenvalue weighted by atomic mass is 10.0. The molecular formula is C19H28N2O3. The molecule has 0 aromatic heterocycles. The fourth-order valence-electron chi connectivity index (χ4n) is 3.95. The van der Waals surface area contributed by atoms with Crippen LogP contribution in [0.1, 0.15) is 39.2 Å². The van der Waals surface area contributed by atoms with Gasteiger partial charge >= 0.3 is 6.09 Å². The minimum absolute atomic E-state index is 0.0310. The van der Waals surface area contributed by atoms with Gasteiger partial charge in [0.1, 0.15) is 5.60 Å². The average molecular weight is 332 g/mol. The van der Waals surface area contributed by atoms with Crippen LogP contribution in [0.5, 0.6) is 0 Å². The van der Waals surface area contributed by atoms with E-state index in [-0.39, 0.29) is 30.8 Å². The molecule has 1 aromatic rings. The van der Waals surface area contributed by atoms with Crippen LogP contribution in [0.2, 0.25) is 0 Å². The first-order chi connectivity index (χ1) is 11.4. The van der Waals surface area contributed by atoms with E-state index in [0.29, 0.717) is 0 Å². The van der Waals surface area contributed by atoms with Crippen LogP contribution in [0.15, 0.2) is 30.3 Å². The number of benzene rings is 1. The third kappa shape index (κ3) is 3.57. The number of aliphatic hydroxyl groups excluding tert-OH is 1. The van der Waals surface area contributed by atoms with Crippen molar-refractivity contribution in [3.05, 3.63) is 35.9 Å². The number of carbonyl (C=O) groups excluding carboxylic acids is 1. The van der Waals surface area contributed by atoms with E-state index in [0.717, 1.165) is 25.9 Å². The van der Waals surface area contributed by atoms with E-state index in [2.05, 4.69) is 17.0 Å². The number of amides is 1. The minimum atomic E-state index is -0.494. The van der Waals surface area contributed by atoms with Crippen molar-refractivity contribution in [2.24, 2.45) is 0 Å². The van der Waals surface area contributed by atoms with Crippen molar-refractivity contribution in [1.29, 1.82) is 0 Å². The summed E-state index contributed by atoms with van der Waals surface area (Å²) in [5, 5.41) is 9.97. The number of rotatable bonds is 3. The third-order valence-electron chi connectivity index (χ3n) is 4.92. The van der Waals surface area contributed by atoms with Gasteiger partial charge in [0, 0.05) is 19.1 Å². The molecule has 5 nitrogen and oxygen atoms in total. The number of fused-ring (bicyclic) bond motifs is 2.